The van der Waals surface area contributed by atoms with E-state index >= 15 is 0 Å². The number of hydrogen-bond acceptors (Lipinski definition) is 3. The molecule has 0 N–H and O–H groups in total. The number of aromatic nitrogens is 1. The van der Waals surface area contributed by atoms with Gasteiger partial charge in [0.2, 0.25) is 0 Å². The van der Waals surface area contributed by atoms with Crippen LogP contribution >= 0.6 is 24.2 Å². The van der Waals surface area contributed by atoms with Crippen molar-refractivity contribution in [3.63, 3.8) is 0 Å². The second-order valence-electron chi connectivity index (χ2n) is 7.84. The van der Waals surface area contributed by atoms with Crippen LogP contribution in [0.2, 0.25) is 5.02 Å². The fourth-order valence-electron chi connectivity index (χ4n) is 4.18. The lowest BCUT2D eigenvalue weighted by atomic mass is 9.85. The van der Waals surface area contributed by atoms with Crippen molar-refractivity contribution < 1.29 is 9.53 Å². The first kappa shape index (κ1) is 20.8. The molecule has 158 valence electrons. The molecule has 1 unspecified atom stereocenters. The summed E-state index contributed by atoms with van der Waals surface area (Å²) < 4.78 is 6.08. The molecule has 0 bridgehead atoms. The molecule has 1 aromatic heterocycles. The van der Waals surface area contributed by atoms with Gasteiger partial charge in [-0.15, -0.1) is 12.6 Å². The highest BCUT2D eigenvalue weighted by molar-refractivity contribution is 7.96. The highest BCUT2D eigenvalue weighted by Gasteiger charge is 2.26. The molecule has 3 aromatic carbocycles. The average molecular weight is 458 g/mol. The largest absolute Gasteiger partial charge is 0.489 e. The van der Waals surface area contributed by atoms with Gasteiger partial charge in [-0.2, -0.15) is 0 Å². The van der Waals surface area contributed by atoms with E-state index in [0.29, 0.717) is 18.1 Å². The van der Waals surface area contributed by atoms with Crippen LogP contribution in [0.3, 0.4) is 0 Å². The lowest BCUT2D eigenvalue weighted by Gasteiger charge is -2.18. The van der Waals surface area contributed by atoms with E-state index in [1.165, 1.54) is 0 Å². The standard InChI is InChI=1S/C27H20ClNO2S/c28-20-9-7-18-8-11-21(29-25(18)14-20)10-5-17-6-12-26-24(13-17)23(15-27(30)32)22-4-2-1-3-19(22)16-31-26/h1-14,23H,15-16H2,(H,30,32). The minimum absolute atomic E-state index is 0.0945. The number of nitrogens with zero attached hydrogens (tertiary/aromatic N) is 1. The van der Waals surface area contributed by atoms with Gasteiger partial charge in [-0.05, 0) is 53.1 Å². The van der Waals surface area contributed by atoms with E-state index < -0.39 is 0 Å². The van der Waals surface area contributed by atoms with E-state index in [2.05, 4.69) is 35.8 Å². The van der Waals surface area contributed by atoms with Crippen LogP contribution in [0.1, 0.15) is 40.3 Å². The summed E-state index contributed by atoms with van der Waals surface area (Å²) in [5.74, 6) is 0.708. The van der Waals surface area contributed by atoms with Crippen LogP contribution in [0.25, 0.3) is 23.1 Å². The van der Waals surface area contributed by atoms with Crippen molar-refractivity contribution in [2.75, 3.05) is 0 Å². The number of carbonyl (C=O) groups excluding carboxylic acids is 1. The predicted molar refractivity (Wildman–Crippen MR) is 133 cm³/mol. The second-order valence-corrected chi connectivity index (χ2v) is 8.78. The maximum Gasteiger partial charge on any atom is 0.186 e. The van der Waals surface area contributed by atoms with Crippen LogP contribution < -0.4 is 4.74 Å². The molecule has 0 saturated carbocycles. The van der Waals surface area contributed by atoms with Crippen LogP contribution in [0.15, 0.2) is 72.8 Å². The maximum atomic E-state index is 12.0. The first-order chi connectivity index (χ1) is 15.6. The molecule has 1 atom stereocenters. The van der Waals surface area contributed by atoms with E-state index in [1.54, 1.807) is 0 Å². The van der Waals surface area contributed by atoms with Gasteiger partial charge in [0, 0.05) is 28.3 Å². The van der Waals surface area contributed by atoms with Crippen molar-refractivity contribution in [3.05, 3.63) is 106 Å². The van der Waals surface area contributed by atoms with Gasteiger partial charge < -0.3 is 4.74 Å². The number of carbonyl (C=O) groups is 1. The Morgan fingerprint density at radius 3 is 2.75 bits per heavy atom. The van der Waals surface area contributed by atoms with Gasteiger partial charge in [0.05, 0.1) is 11.2 Å². The number of hydrogen-bond donors (Lipinski definition) is 1. The van der Waals surface area contributed by atoms with Gasteiger partial charge in [0.15, 0.2) is 5.12 Å². The number of benzene rings is 3. The smallest absolute Gasteiger partial charge is 0.186 e. The predicted octanol–water partition coefficient (Wildman–Crippen LogP) is 6.93. The highest BCUT2D eigenvalue weighted by atomic mass is 35.5. The van der Waals surface area contributed by atoms with Crippen LogP contribution in [-0.2, 0) is 11.4 Å². The Morgan fingerprint density at radius 1 is 1.03 bits per heavy atom. The molecule has 0 aliphatic carbocycles. The van der Waals surface area contributed by atoms with Crippen molar-refractivity contribution >= 4 is 52.4 Å². The molecule has 0 fully saturated rings. The molecule has 0 amide bonds. The third-order valence-electron chi connectivity index (χ3n) is 5.72. The zero-order valence-corrected chi connectivity index (χ0v) is 18.8. The van der Waals surface area contributed by atoms with E-state index in [4.69, 9.17) is 16.3 Å². The molecule has 3 nitrogen and oxygen atoms in total. The zero-order chi connectivity index (χ0) is 22.1. The number of thiol groups is 1. The lowest BCUT2D eigenvalue weighted by molar-refractivity contribution is -0.111. The second kappa shape index (κ2) is 8.81. The molecule has 2 heterocycles. The van der Waals surface area contributed by atoms with Crippen molar-refractivity contribution in [2.45, 2.75) is 18.9 Å². The summed E-state index contributed by atoms with van der Waals surface area (Å²) in [4.78, 5) is 16.6. The minimum atomic E-state index is -0.141. The molecule has 5 heteroatoms. The quantitative estimate of drug-likeness (QED) is 0.338. The van der Waals surface area contributed by atoms with Gasteiger partial charge >= 0.3 is 0 Å². The van der Waals surface area contributed by atoms with Crippen LogP contribution in [0.5, 0.6) is 5.75 Å². The summed E-state index contributed by atoms with van der Waals surface area (Å²) in [6.07, 6.45) is 4.32. The summed E-state index contributed by atoms with van der Waals surface area (Å²) in [6.45, 7) is 0.485. The SMILES string of the molecule is O=C(S)CC1c2ccccc2COc2ccc(C=Cc3ccc4ccc(Cl)cc4n3)cc21. The molecule has 0 saturated heterocycles. The monoisotopic (exact) mass is 457 g/mol. The number of rotatable bonds is 4. The van der Waals surface area contributed by atoms with E-state index in [9.17, 15) is 4.79 Å². The number of ether oxygens (including phenoxy) is 1. The normalized spacial score (nSPS) is 15.1. The topological polar surface area (TPSA) is 39.2 Å². The third-order valence-corrected chi connectivity index (χ3v) is 6.14. The zero-order valence-electron chi connectivity index (χ0n) is 17.2. The van der Waals surface area contributed by atoms with Crippen LogP contribution in [-0.4, -0.2) is 10.1 Å². The molecule has 1 aliphatic rings. The fourth-order valence-corrected chi connectivity index (χ4v) is 4.53. The Bertz CT molecular complexity index is 1370. The van der Waals surface area contributed by atoms with Gasteiger partial charge in [-0.3, -0.25) is 4.79 Å². The molecule has 32 heavy (non-hydrogen) atoms. The van der Waals surface area contributed by atoms with Crippen molar-refractivity contribution in [2.24, 2.45) is 0 Å². The molecular weight excluding hydrogens is 438 g/mol. The first-order valence-electron chi connectivity index (χ1n) is 10.4. The molecule has 0 spiro atoms. The van der Waals surface area contributed by atoms with E-state index in [-0.39, 0.29) is 11.0 Å². The van der Waals surface area contributed by atoms with Crippen molar-refractivity contribution in [1.82, 2.24) is 4.98 Å². The Morgan fingerprint density at radius 2 is 1.88 bits per heavy atom. The Balaban J connectivity index is 1.51. The Labute approximate surface area is 197 Å². The van der Waals surface area contributed by atoms with Gasteiger partial charge in [0.25, 0.3) is 0 Å². The number of halogens is 1. The minimum Gasteiger partial charge on any atom is -0.489 e. The molecular formula is C27H20ClNO2S. The number of pyridine rings is 1. The van der Waals surface area contributed by atoms with Gasteiger partial charge in [-0.25, -0.2) is 4.98 Å². The van der Waals surface area contributed by atoms with Gasteiger partial charge in [0.1, 0.15) is 12.4 Å². The molecule has 4 aromatic rings. The Hall–Kier alpha value is -3.08. The summed E-state index contributed by atoms with van der Waals surface area (Å²) in [5.41, 5.74) is 5.92. The van der Waals surface area contributed by atoms with Crippen molar-refractivity contribution in [3.8, 4) is 5.75 Å². The summed E-state index contributed by atoms with van der Waals surface area (Å²) in [6, 6.07) is 23.9. The van der Waals surface area contributed by atoms with Crippen molar-refractivity contribution in [1.29, 1.82) is 0 Å². The highest BCUT2D eigenvalue weighted by Crippen LogP contribution is 2.40. The molecule has 5 rings (SSSR count). The third kappa shape index (κ3) is 4.29. The average Bonchev–Trinajstić information content (AvgIpc) is 2.94. The first-order valence-corrected chi connectivity index (χ1v) is 11.2. The summed E-state index contributed by atoms with van der Waals surface area (Å²) in [5, 5.41) is 1.58. The maximum absolute atomic E-state index is 12.0. The molecule has 1 aliphatic heterocycles. The van der Waals surface area contributed by atoms with Crippen LogP contribution in [0, 0.1) is 0 Å². The van der Waals surface area contributed by atoms with Gasteiger partial charge in [-0.1, -0.05) is 60.1 Å². The van der Waals surface area contributed by atoms with E-state index in [0.717, 1.165) is 44.6 Å². The summed E-state index contributed by atoms with van der Waals surface area (Å²) in [7, 11) is 0. The lowest BCUT2D eigenvalue weighted by Crippen LogP contribution is -2.06. The number of fused-ring (bicyclic) bond motifs is 3. The van der Waals surface area contributed by atoms with E-state index in [1.807, 2.05) is 66.7 Å². The Kier molecular flexibility index (Phi) is 5.73. The fraction of sp³-hybridized carbons (Fsp3) is 0.111. The summed E-state index contributed by atoms with van der Waals surface area (Å²) >= 11 is 10.2. The molecule has 0 radical (unpaired) electrons. The van der Waals surface area contributed by atoms with Crippen LogP contribution in [0.4, 0.5) is 0 Å².